The van der Waals surface area contributed by atoms with E-state index in [1.807, 2.05) is 41.0 Å². The van der Waals surface area contributed by atoms with Gasteiger partial charge < -0.3 is 9.88 Å². The van der Waals surface area contributed by atoms with Crippen LogP contribution in [0, 0.1) is 0 Å². The lowest BCUT2D eigenvalue weighted by atomic mass is 10.2. The van der Waals surface area contributed by atoms with Gasteiger partial charge in [-0.05, 0) is 44.2 Å². The number of para-hydroxylation sites is 1. The van der Waals surface area contributed by atoms with Crippen LogP contribution in [0.2, 0.25) is 0 Å². The first-order valence-corrected chi connectivity index (χ1v) is 10.7. The van der Waals surface area contributed by atoms with Crippen molar-refractivity contribution >= 4 is 27.8 Å². The summed E-state index contributed by atoms with van der Waals surface area (Å²) in [6.07, 6.45) is 5.81. The van der Waals surface area contributed by atoms with Crippen LogP contribution in [-0.4, -0.2) is 36.5 Å². The molecule has 4 aromatic heterocycles. The van der Waals surface area contributed by atoms with Gasteiger partial charge in [0.05, 0.1) is 16.6 Å². The molecule has 32 heavy (non-hydrogen) atoms. The Bertz CT molecular complexity index is 1390. The number of carbonyl (C=O) groups is 1. The third-order valence-corrected chi connectivity index (χ3v) is 5.55. The minimum absolute atomic E-state index is 0.163. The van der Waals surface area contributed by atoms with Gasteiger partial charge in [0.2, 0.25) is 5.95 Å². The summed E-state index contributed by atoms with van der Waals surface area (Å²) in [6, 6.07) is 18.0. The van der Waals surface area contributed by atoms with E-state index in [1.54, 1.807) is 24.7 Å². The molecule has 7 heteroatoms. The van der Waals surface area contributed by atoms with Gasteiger partial charge in [0, 0.05) is 48.7 Å². The van der Waals surface area contributed by atoms with E-state index in [4.69, 9.17) is 0 Å². The van der Waals surface area contributed by atoms with E-state index in [0.29, 0.717) is 24.6 Å². The second kappa shape index (κ2) is 8.26. The van der Waals surface area contributed by atoms with Crippen molar-refractivity contribution in [2.45, 2.75) is 26.3 Å². The molecule has 0 spiro atoms. The number of benzene rings is 1. The van der Waals surface area contributed by atoms with Crippen molar-refractivity contribution in [3.05, 3.63) is 84.6 Å². The normalized spacial score (nSPS) is 11.5. The molecule has 1 amide bonds. The van der Waals surface area contributed by atoms with Gasteiger partial charge in [0.15, 0.2) is 0 Å². The van der Waals surface area contributed by atoms with Crippen LogP contribution < -0.4 is 5.32 Å². The van der Waals surface area contributed by atoms with E-state index in [2.05, 4.69) is 50.8 Å². The molecule has 4 heterocycles. The molecule has 160 valence electrons. The lowest BCUT2D eigenvalue weighted by Gasteiger charge is -2.11. The van der Waals surface area contributed by atoms with Gasteiger partial charge in [-0.3, -0.25) is 14.3 Å². The molecule has 0 saturated carbocycles. The van der Waals surface area contributed by atoms with E-state index in [1.165, 1.54) is 0 Å². The summed E-state index contributed by atoms with van der Waals surface area (Å²) < 4.78 is 4.13. The third-order valence-electron chi connectivity index (χ3n) is 5.55. The molecule has 0 saturated heterocycles. The Kier molecular flexibility index (Phi) is 5.15. The Hall–Kier alpha value is -4.00. The number of amides is 1. The van der Waals surface area contributed by atoms with Gasteiger partial charge >= 0.3 is 0 Å². The van der Waals surface area contributed by atoms with Crippen LogP contribution in [0.3, 0.4) is 0 Å². The maximum Gasteiger partial charge on any atom is 0.268 e. The monoisotopic (exact) mass is 424 g/mol. The first kappa shape index (κ1) is 19.9. The molecule has 0 aliphatic heterocycles. The average molecular weight is 425 g/mol. The minimum atomic E-state index is -0.163. The maximum absolute atomic E-state index is 13.3. The minimum Gasteiger partial charge on any atom is -0.350 e. The second-order valence-corrected chi connectivity index (χ2v) is 7.96. The summed E-state index contributed by atoms with van der Waals surface area (Å²) in [6.45, 7) is 4.79. The Labute approximate surface area is 185 Å². The average Bonchev–Trinajstić information content (AvgIpc) is 3.35. The first-order valence-electron chi connectivity index (χ1n) is 10.7. The van der Waals surface area contributed by atoms with Crippen molar-refractivity contribution < 1.29 is 4.79 Å². The fourth-order valence-electron chi connectivity index (χ4n) is 4.23. The molecule has 0 radical (unpaired) electrons. The van der Waals surface area contributed by atoms with Crippen molar-refractivity contribution in [2.75, 3.05) is 6.54 Å². The molecule has 0 unspecified atom stereocenters. The highest BCUT2D eigenvalue weighted by Crippen LogP contribution is 2.35. The molecule has 0 aliphatic carbocycles. The van der Waals surface area contributed by atoms with Crippen molar-refractivity contribution in [3.8, 4) is 5.95 Å². The standard InChI is InChI=1S/C25H24N6O/c1-17(2)30-20-10-4-3-9-19(20)23-21(30)16-22(31(23)25-28-13-7-14-29-25)24(32)27-15-11-18-8-5-6-12-26-18/h3-10,12-14,16-17H,11,15H2,1-2H3,(H,27,32). The number of aromatic nitrogens is 5. The highest BCUT2D eigenvalue weighted by Gasteiger charge is 2.24. The number of nitrogens with one attached hydrogen (secondary N) is 1. The van der Waals surface area contributed by atoms with Crippen molar-refractivity contribution in [1.82, 2.24) is 29.4 Å². The zero-order chi connectivity index (χ0) is 22.1. The van der Waals surface area contributed by atoms with Crippen molar-refractivity contribution in [3.63, 3.8) is 0 Å². The molecule has 0 atom stereocenters. The van der Waals surface area contributed by atoms with E-state index >= 15 is 0 Å². The summed E-state index contributed by atoms with van der Waals surface area (Å²) in [4.78, 5) is 26.5. The number of hydrogen-bond acceptors (Lipinski definition) is 4. The number of carbonyl (C=O) groups excluding carboxylic acids is 1. The largest absolute Gasteiger partial charge is 0.350 e. The number of nitrogens with zero attached hydrogens (tertiary/aromatic N) is 5. The van der Waals surface area contributed by atoms with Crippen LogP contribution in [-0.2, 0) is 6.42 Å². The van der Waals surface area contributed by atoms with Gasteiger partial charge in [-0.15, -0.1) is 0 Å². The Morgan fingerprint density at radius 2 is 1.69 bits per heavy atom. The number of rotatable bonds is 6. The second-order valence-electron chi connectivity index (χ2n) is 7.96. The van der Waals surface area contributed by atoms with Crippen LogP contribution in [0.1, 0.15) is 36.1 Å². The number of hydrogen-bond donors (Lipinski definition) is 1. The highest BCUT2D eigenvalue weighted by molar-refractivity contribution is 6.11. The fourth-order valence-corrected chi connectivity index (χ4v) is 4.23. The Balaban J connectivity index is 1.62. The molecular weight excluding hydrogens is 400 g/mol. The molecule has 1 N–H and O–H groups in total. The molecule has 0 fully saturated rings. The lowest BCUT2D eigenvalue weighted by molar-refractivity contribution is 0.0947. The van der Waals surface area contributed by atoms with Gasteiger partial charge in [0.1, 0.15) is 5.69 Å². The fraction of sp³-hybridized carbons (Fsp3) is 0.200. The van der Waals surface area contributed by atoms with Crippen LogP contribution in [0.4, 0.5) is 0 Å². The lowest BCUT2D eigenvalue weighted by Crippen LogP contribution is -2.28. The highest BCUT2D eigenvalue weighted by atomic mass is 16.1. The molecule has 5 aromatic rings. The summed E-state index contributed by atoms with van der Waals surface area (Å²) >= 11 is 0. The summed E-state index contributed by atoms with van der Waals surface area (Å²) in [7, 11) is 0. The third kappa shape index (κ3) is 3.41. The van der Waals surface area contributed by atoms with Crippen LogP contribution in [0.25, 0.3) is 27.9 Å². The maximum atomic E-state index is 13.3. The Morgan fingerprint density at radius 1 is 0.938 bits per heavy atom. The summed E-state index contributed by atoms with van der Waals surface area (Å²) in [5, 5.41) is 4.11. The van der Waals surface area contributed by atoms with Crippen molar-refractivity contribution in [1.29, 1.82) is 0 Å². The smallest absolute Gasteiger partial charge is 0.268 e. The zero-order valence-corrected chi connectivity index (χ0v) is 18.1. The van der Waals surface area contributed by atoms with Gasteiger partial charge in [0.25, 0.3) is 5.91 Å². The number of pyridine rings is 1. The van der Waals surface area contributed by atoms with Crippen LogP contribution in [0.15, 0.2) is 73.2 Å². The SMILES string of the molecule is CC(C)n1c2ccccc2c2c1cc(C(=O)NCCc1ccccn1)n2-c1ncccn1. The molecule has 1 aromatic carbocycles. The van der Waals surface area contributed by atoms with Gasteiger partial charge in [-0.1, -0.05) is 24.3 Å². The molecule has 7 nitrogen and oxygen atoms in total. The summed E-state index contributed by atoms with van der Waals surface area (Å²) in [5.41, 5.74) is 4.51. The number of fused-ring (bicyclic) bond motifs is 3. The van der Waals surface area contributed by atoms with E-state index < -0.39 is 0 Å². The van der Waals surface area contributed by atoms with E-state index in [-0.39, 0.29) is 11.9 Å². The van der Waals surface area contributed by atoms with Crippen LogP contribution >= 0.6 is 0 Å². The van der Waals surface area contributed by atoms with Crippen molar-refractivity contribution in [2.24, 2.45) is 0 Å². The molecular formula is C25H24N6O. The molecule has 5 rings (SSSR count). The predicted molar refractivity (Wildman–Crippen MR) is 125 cm³/mol. The molecule has 0 bridgehead atoms. The Morgan fingerprint density at radius 3 is 2.44 bits per heavy atom. The quantitative estimate of drug-likeness (QED) is 0.440. The molecule has 0 aliphatic rings. The summed E-state index contributed by atoms with van der Waals surface area (Å²) in [5.74, 6) is 0.313. The zero-order valence-electron chi connectivity index (χ0n) is 18.1. The van der Waals surface area contributed by atoms with Gasteiger partial charge in [-0.25, -0.2) is 9.97 Å². The van der Waals surface area contributed by atoms with E-state index in [9.17, 15) is 4.79 Å². The topological polar surface area (TPSA) is 77.6 Å². The predicted octanol–water partition coefficient (Wildman–Crippen LogP) is 4.32. The first-order chi connectivity index (χ1) is 15.6. The van der Waals surface area contributed by atoms with Crippen LogP contribution in [0.5, 0.6) is 0 Å². The van der Waals surface area contributed by atoms with Gasteiger partial charge in [-0.2, -0.15) is 0 Å². The van der Waals surface area contributed by atoms with E-state index in [0.717, 1.165) is 27.6 Å².